The predicted octanol–water partition coefficient (Wildman–Crippen LogP) is 1.96. The SMILES string of the molecule is Cc1ccc(OC2CNC2)c(C)c1C. The van der Waals surface area contributed by atoms with Gasteiger partial charge in [-0.25, -0.2) is 0 Å². The Labute approximate surface area is 85.3 Å². The van der Waals surface area contributed by atoms with E-state index in [9.17, 15) is 0 Å². The summed E-state index contributed by atoms with van der Waals surface area (Å²) < 4.78 is 5.85. The normalized spacial score (nSPS) is 16.5. The first kappa shape index (κ1) is 9.53. The molecule has 2 nitrogen and oxygen atoms in total. The van der Waals surface area contributed by atoms with Gasteiger partial charge in [0.05, 0.1) is 0 Å². The quantitative estimate of drug-likeness (QED) is 0.771. The fourth-order valence-corrected chi connectivity index (χ4v) is 1.58. The highest BCUT2D eigenvalue weighted by Crippen LogP contribution is 2.25. The van der Waals surface area contributed by atoms with Crippen molar-refractivity contribution in [1.29, 1.82) is 0 Å². The van der Waals surface area contributed by atoms with Crippen LogP contribution in [0.4, 0.5) is 0 Å². The minimum atomic E-state index is 0.371. The summed E-state index contributed by atoms with van der Waals surface area (Å²) in [5.41, 5.74) is 3.95. The molecule has 2 rings (SSSR count). The molecule has 1 aromatic rings. The fourth-order valence-electron chi connectivity index (χ4n) is 1.58. The van der Waals surface area contributed by atoms with E-state index in [-0.39, 0.29) is 0 Å². The molecule has 0 amide bonds. The first-order valence-corrected chi connectivity index (χ1v) is 5.12. The van der Waals surface area contributed by atoms with Gasteiger partial charge in [-0.15, -0.1) is 0 Å². The fraction of sp³-hybridized carbons (Fsp3) is 0.500. The van der Waals surface area contributed by atoms with Gasteiger partial charge in [-0.1, -0.05) is 6.07 Å². The highest BCUT2D eigenvalue weighted by Gasteiger charge is 2.19. The smallest absolute Gasteiger partial charge is 0.123 e. The number of ether oxygens (including phenoxy) is 1. The molecule has 0 atom stereocenters. The van der Waals surface area contributed by atoms with E-state index in [0.29, 0.717) is 6.10 Å². The Morgan fingerprint density at radius 3 is 2.43 bits per heavy atom. The number of aryl methyl sites for hydroxylation is 1. The van der Waals surface area contributed by atoms with Crippen LogP contribution in [0.5, 0.6) is 5.75 Å². The van der Waals surface area contributed by atoms with Gasteiger partial charge in [0.25, 0.3) is 0 Å². The molecule has 0 radical (unpaired) electrons. The van der Waals surface area contributed by atoms with Gasteiger partial charge >= 0.3 is 0 Å². The first-order valence-electron chi connectivity index (χ1n) is 5.12. The van der Waals surface area contributed by atoms with E-state index >= 15 is 0 Å². The van der Waals surface area contributed by atoms with Crippen LogP contribution < -0.4 is 10.1 Å². The van der Waals surface area contributed by atoms with Crippen molar-refractivity contribution in [2.75, 3.05) is 13.1 Å². The van der Waals surface area contributed by atoms with Crippen molar-refractivity contribution in [3.63, 3.8) is 0 Å². The Bertz CT molecular complexity index is 342. The topological polar surface area (TPSA) is 21.3 Å². The molecule has 2 heteroatoms. The van der Waals surface area contributed by atoms with E-state index in [1.165, 1.54) is 16.7 Å². The van der Waals surface area contributed by atoms with Crippen LogP contribution >= 0.6 is 0 Å². The average molecular weight is 191 g/mol. The van der Waals surface area contributed by atoms with Crippen LogP contribution in [0.25, 0.3) is 0 Å². The largest absolute Gasteiger partial charge is 0.487 e. The van der Waals surface area contributed by atoms with Crippen molar-refractivity contribution in [3.8, 4) is 5.75 Å². The van der Waals surface area contributed by atoms with Gasteiger partial charge < -0.3 is 10.1 Å². The van der Waals surface area contributed by atoms with E-state index in [1.54, 1.807) is 0 Å². The van der Waals surface area contributed by atoms with Gasteiger partial charge in [0, 0.05) is 13.1 Å². The van der Waals surface area contributed by atoms with E-state index in [4.69, 9.17) is 4.74 Å². The maximum Gasteiger partial charge on any atom is 0.123 e. The number of hydrogen-bond acceptors (Lipinski definition) is 2. The summed E-state index contributed by atoms with van der Waals surface area (Å²) in [6.07, 6.45) is 0.371. The van der Waals surface area contributed by atoms with Crippen LogP contribution in [0.3, 0.4) is 0 Å². The molecule has 1 heterocycles. The molecule has 0 spiro atoms. The third-order valence-corrected chi connectivity index (χ3v) is 3.05. The van der Waals surface area contributed by atoms with Gasteiger partial charge in [0.15, 0.2) is 0 Å². The summed E-state index contributed by atoms with van der Waals surface area (Å²) in [5, 5.41) is 3.20. The molecule has 1 aliphatic heterocycles. The summed E-state index contributed by atoms with van der Waals surface area (Å²) in [4.78, 5) is 0. The molecule has 1 fully saturated rings. The van der Waals surface area contributed by atoms with Gasteiger partial charge in [0.1, 0.15) is 11.9 Å². The average Bonchev–Trinajstić information content (AvgIpc) is 2.10. The Balaban J connectivity index is 2.20. The third-order valence-electron chi connectivity index (χ3n) is 3.05. The van der Waals surface area contributed by atoms with Crippen LogP contribution in [0.15, 0.2) is 12.1 Å². The highest BCUT2D eigenvalue weighted by atomic mass is 16.5. The maximum absolute atomic E-state index is 5.85. The molecule has 0 aliphatic carbocycles. The lowest BCUT2D eigenvalue weighted by Gasteiger charge is -2.29. The van der Waals surface area contributed by atoms with Crippen LogP contribution in [0, 0.1) is 20.8 Å². The van der Waals surface area contributed by atoms with Gasteiger partial charge in [0.2, 0.25) is 0 Å². The standard InChI is InChI=1S/C12H17NO/c1-8-4-5-12(10(3)9(8)2)14-11-6-13-7-11/h4-5,11,13H,6-7H2,1-3H3. The van der Waals surface area contributed by atoms with Gasteiger partial charge in [-0.3, -0.25) is 0 Å². The van der Waals surface area contributed by atoms with Crippen molar-refractivity contribution >= 4 is 0 Å². The lowest BCUT2D eigenvalue weighted by Crippen LogP contribution is -2.50. The summed E-state index contributed by atoms with van der Waals surface area (Å²) in [5.74, 6) is 1.04. The molecule has 0 unspecified atom stereocenters. The van der Waals surface area contributed by atoms with E-state index in [0.717, 1.165) is 18.8 Å². The van der Waals surface area contributed by atoms with Gasteiger partial charge in [-0.2, -0.15) is 0 Å². The van der Waals surface area contributed by atoms with E-state index in [2.05, 4.69) is 38.2 Å². The van der Waals surface area contributed by atoms with Gasteiger partial charge in [-0.05, 0) is 43.5 Å². The summed E-state index contributed by atoms with van der Waals surface area (Å²) in [7, 11) is 0. The zero-order chi connectivity index (χ0) is 10.1. The Morgan fingerprint density at radius 1 is 1.14 bits per heavy atom. The lowest BCUT2D eigenvalue weighted by molar-refractivity contribution is 0.141. The second kappa shape index (κ2) is 3.62. The monoisotopic (exact) mass is 191 g/mol. The molecule has 76 valence electrons. The third kappa shape index (κ3) is 1.62. The van der Waals surface area contributed by atoms with Crippen molar-refractivity contribution in [3.05, 3.63) is 28.8 Å². The molecule has 14 heavy (non-hydrogen) atoms. The van der Waals surface area contributed by atoms with Crippen molar-refractivity contribution in [2.24, 2.45) is 0 Å². The zero-order valence-electron chi connectivity index (χ0n) is 9.05. The number of benzene rings is 1. The molecule has 1 aliphatic rings. The Kier molecular flexibility index (Phi) is 2.46. The lowest BCUT2D eigenvalue weighted by atomic mass is 10.0. The molecule has 1 N–H and O–H groups in total. The van der Waals surface area contributed by atoms with Crippen LogP contribution in [-0.2, 0) is 0 Å². The van der Waals surface area contributed by atoms with Crippen molar-refractivity contribution < 1.29 is 4.74 Å². The predicted molar refractivity (Wildman–Crippen MR) is 57.9 cm³/mol. The van der Waals surface area contributed by atoms with E-state index < -0.39 is 0 Å². The minimum Gasteiger partial charge on any atom is -0.487 e. The zero-order valence-corrected chi connectivity index (χ0v) is 9.05. The molecule has 0 aromatic heterocycles. The minimum absolute atomic E-state index is 0.371. The highest BCUT2D eigenvalue weighted by molar-refractivity contribution is 5.43. The summed E-state index contributed by atoms with van der Waals surface area (Å²) >= 11 is 0. The van der Waals surface area contributed by atoms with Crippen molar-refractivity contribution in [1.82, 2.24) is 5.32 Å². The maximum atomic E-state index is 5.85. The Morgan fingerprint density at radius 2 is 1.86 bits per heavy atom. The number of hydrogen-bond donors (Lipinski definition) is 1. The molecule has 0 saturated carbocycles. The second-order valence-electron chi connectivity index (χ2n) is 4.03. The molecule has 0 bridgehead atoms. The molecule has 1 saturated heterocycles. The number of rotatable bonds is 2. The summed E-state index contributed by atoms with van der Waals surface area (Å²) in [6.45, 7) is 8.37. The second-order valence-corrected chi connectivity index (χ2v) is 4.03. The van der Waals surface area contributed by atoms with E-state index in [1.807, 2.05) is 0 Å². The molecular formula is C12H17NO. The number of nitrogens with one attached hydrogen (secondary N) is 1. The summed E-state index contributed by atoms with van der Waals surface area (Å²) in [6, 6.07) is 4.21. The van der Waals surface area contributed by atoms with Crippen LogP contribution in [0.1, 0.15) is 16.7 Å². The van der Waals surface area contributed by atoms with Crippen LogP contribution in [-0.4, -0.2) is 19.2 Å². The molecular weight excluding hydrogens is 174 g/mol. The Hall–Kier alpha value is -1.02. The molecule has 1 aromatic carbocycles. The first-order chi connectivity index (χ1) is 6.68. The van der Waals surface area contributed by atoms with Crippen molar-refractivity contribution in [2.45, 2.75) is 26.9 Å². The van der Waals surface area contributed by atoms with Crippen LogP contribution in [0.2, 0.25) is 0 Å².